The number of aryl methyl sites for hydroxylation is 1. The van der Waals surface area contributed by atoms with Gasteiger partial charge in [-0.2, -0.15) is 5.26 Å². The highest BCUT2D eigenvalue weighted by Crippen LogP contribution is 2.17. The quantitative estimate of drug-likeness (QED) is 0.572. The highest BCUT2D eigenvalue weighted by atomic mass is 16.5. The fourth-order valence-electron chi connectivity index (χ4n) is 1.43. The first-order valence-corrected chi connectivity index (χ1v) is 4.81. The Morgan fingerprint density at radius 2 is 2.25 bits per heavy atom. The molecule has 1 rings (SSSR count). The largest absolute Gasteiger partial charge is 0.462 e. The van der Waals surface area contributed by atoms with Crippen LogP contribution in [-0.2, 0) is 4.74 Å². The Bertz CT molecular complexity index is 472. The minimum Gasteiger partial charge on any atom is -0.462 e. The van der Waals surface area contributed by atoms with E-state index in [1.54, 1.807) is 26.0 Å². The summed E-state index contributed by atoms with van der Waals surface area (Å²) in [6.45, 7) is 3.62. The van der Waals surface area contributed by atoms with Crippen LogP contribution in [0.15, 0.2) is 12.1 Å². The van der Waals surface area contributed by atoms with Crippen molar-refractivity contribution in [2.24, 2.45) is 0 Å². The van der Waals surface area contributed by atoms with Gasteiger partial charge in [-0.05, 0) is 31.5 Å². The molecule has 0 aliphatic rings. The van der Waals surface area contributed by atoms with E-state index >= 15 is 0 Å². The molecule has 0 amide bonds. The van der Waals surface area contributed by atoms with Gasteiger partial charge in [0.2, 0.25) is 0 Å². The van der Waals surface area contributed by atoms with Crippen LogP contribution in [0.2, 0.25) is 0 Å². The molecule has 4 nitrogen and oxygen atoms in total. The smallest absolute Gasteiger partial charge is 0.340 e. The average Bonchev–Trinajstić information content (AvgIpc) is 2.27. The van der Waals surface area contributed by atoms with Crippen molar-refractivity contribution in [3.8, 4) is 6.07 Å². The number of carbonyl (C=O) groups is 2. The summed E-state index contributed by atoms with van der Waals surface area (Å²) in [6, 6.07) is 5.00. The highest BCUT2D eigenvalue weighted by molar-refractivity contribution is 6.00. The van der Waals surface area contributed by atoms with Gasteiger partial charge in [-0.3, -0.25) is 4.79 Å². The summed E-state index contributed by atoms with van der Waals surface area (Å²) in [5, 5.41) is 8.91. The second-order valence-corrected chi connectivity index (χ2v) is 3.23. The van der Waals surface area contributed by atoms with E-state index in [4.69, 9.17) is 10.00 Å². The second-order valence-electron chi connectivity index (χ2n) is 3.23. The molecule has 0 bridgehead atoms. The number of hydrogen-bond acceptors (Lipinski definition) is 4. The van der Waals surface area contributed by atoms with Crippen molar-refractivity contribution in [1.29, 1.82) is 5.26 Å². The molecule has 0 N–H and O–H groups in total. The fourth-order valence-corrected chi connectivity index (χ4v) is 1.43. The van der Waals surface area contributed by atoms with Crippen molar-refractivity contribution in [3.63, 3.8) is 0 Å². The maximum atomic E-state index is 11.6. The second kappa shape index (κ2) is 5.08. The van der Waals surface area contributed by atoms with Crippen LogP contribution in [0, 0.1) is 18.3 Å². The number of hydrogen-bond donors (Lipinski definition) is 0. The summed E-state index contributed by atoms with van der Waals surface area (Å²) in [7, 11) is 0. The lowest BCUT2D eigenvalue weighted by molar-refractivity contribution is 0.0524. The molecule has 0 unspecified atom stereocenters. The molecule has 16 heavy (non-hydrogen) atoms. The number of carbonyl (C=O) groups excluding carboxylic acids is 2. The van der Waals surface area contributed by atoms with Gasteiger partial charge in [-0.15, -0.1) is 0 Å². The Kier molecular flexibility index (Phi) is 3.78. The van der Waals surface area contributed by atoms with Gasteiger partial charge < -0.3 is 4.74 Å². The number of nitriles is 1. The molecule has 0 saturated carbocycles. The zero-order chi connectivity index (χ0) is 12.1. The molecule has 0 fully saturated rings. The van der Waals surface area contributed by atoms with Crippen molar-refractivity contribution in [1.82, 2.24) is 0 Å². The summed E-state index contributed by atoms with van der Waals surface area (Å²) in [6.07, 6.45) is 0.556. The Balaban J connectivity index is 3.40. The van der Waals surface area contributed by atoms with Gasteiger partial charge in [0.25, 0.3) is 0 Å². The Hall–Kier alpha value is -2.15. The molecule has 4 heteroatoms. The maximum absolute atomic E-state index is 11.6. The number of rotatable bonds is 3. The van der Waals surface area contributed by atoms with Crippen molar-refractivity contribution in [2.75, 3.05) is 6.61 Å². The average molecular weight is 217 g/mol. The van der Waals surface area contributed by atoms with Gasteiger partial charge in [0.15, 0.2) is 6.29 Å². The summed E-state index contributed by atoms with van der Waals surface area (Å²) in [5.74, 6) is -0.638. The number of esters is 1. The van der Waals surface area contributed by atoms with E-state index in [2.05, 4.69) is 0 Å². The SMILES string of the molecule is CCOC(=O)c1c(C#N)cc(C)cc1C=O. The minimum absolute atomic E-state index is 0.0463. The van der Waals surface area contributed by atoms with Gasteiger partial charge >= 0.3 is 5.97 Å². The van der Waals surface area contributed by atoms with E-state index in [1.807, 2.05) is 6.07 Å². The molecule has 0 saturated heterocycles. The van der Waals surface area contributed by atoms with Gasteiger partial charge in [0, 0.05) is 5.56 Å². The first-order chi connectivity index (χ1) is 7.63. The van der Waals surface area contributed by atoms with E-state index < -0.39 is 5.97 Å². The van der Waals surface area contributed by atoms with Gasteiger partial charge in [0.1, 0.15) is 6.07 Å². The monoisotopic (exact) mass is 217 g/mol. The minimum atomic E-state index is -0.638. The summed E-state index contributed by atoms with van der Waals surface area (Å²) >= 11 is 0. The van der Waals surface area contributed by atoms with Crippen LogP contribution in [0.4, 0.5) is 0 Å². The Morgan fingerprint density at radius 3 is 2.75 bits per heavy atom. The van der Waals surface area contributed by atoms with Crippen molar-refractivity contribution in [3.05, 3.63) is 34.4 Å². The molecule has 1 aromatic rings. The van der Waals surface area contributed by atoms with Crippen molar-refractivity contribution in [2.45, 2.75) is 13.8 Å². The topological polar surface area (TPSA) is 67.2 Å². The molecule has 0 radical (unpaired) electrons. The van der Waals surface area contributed by atoms with E-state index in [9.17, 15) is 9.59 Å². The van der Waals surface area contributed by atoms with E-state index in [-0.39, 0.29) is 23.3 Å². The van der Waals surface area contributed by atoms with Crippen LogP contribution in [0.25, 0.3) is 0 Å². The molecular formula is C12H11NO3. The van der Waals surface area contributed by atoms with Crippen LogP contribution >= 0.6 is 0 Å². The van der Waals surface area contributed by atoms with Gasteiger partial charge in [-0.25, -0.2) is 4.79 Å². The zero-order valence-electron chi connectivity index (χ0n) is 9.11. The van der Waals surface area contributed by atoms with Crippen molar-refractivity contribution < 1.29 is 14.3 Å². The highest BCUT2D eigenvalue weighted by Gasteiger charge is 2.17. The lowest BCUT2D eigenvalue weighted by Gasteiger charge is -2.07. The predicted octanol–water partition coefficient (Wildman–Crippen LogP) is 1.86. The third kappa shape index (κ3) is 2.26. The Labute approximate surface area is 93.5 Å². The Morgan fingerprint density at radius 1 is 1.56 bits per heavy atom. The molecule has 0 aromatic heterocycles. The van der Waals surface area contributed by atoms with E-state index in [1.165, 1.54) is 0 Å². The molecule has 0 heterocycles. The summed E-state index contributed by atoms with van der Waals surface area (Å²) in [5.41, 5.74) is 1.16. The number of nitrogens with zero attached hydrogens (tertiary/aromatic N) is 1. The molecule has 0 atom stereocenters. The van der Waals surface area contributed by atoms with Crippen LogP contribution in [0.1, 0.15) is 38.8 Å². The molecule has 1 aromatic carbocycles. The number of ether oxygens (including phenoxy) is 1. The first-order valence-electron chi connectivity index (χ1n) is 4.81. The zero-order valence-corrected chi connectivity index (χ0v) is 9.11. The van der Waals surface area contributed by atoms with Crippen LogP contribution < -0.4 is 0 Å². The van der Waals surface area contributed by atoms with Crippen LogP contribution in [0.3, 0.4) is 0 Å². The molecular weight excluding hydrogens is 206 g/mol. The van der Waals surface area contributed by atoms with E-state index in [0.717, 1.165) is 5.56 Å². The van der Waals surface area contributed by atoms with Crippen LogP contribution in [-0.4, -0.2) is 18.9 Å². The summed E-state index contributed by atoms with van der Waals surface area (Å²) in [4.78, 5) is 22.4. The fraction of sp³-hybridized carbons (Fsp3) is 0.250. The maximum Gasteiger partial charge on any atom is 0.340 e. The third-order valence-electron chi connectivity index (χ3n) is 2.04. The first kappa shape index (κ1) is 11.9. The lowest BCUT2D eigenvalue weighted by atomic mass is 9.99. The molecule has 0 aliphatic carbocycles. The molecule has 0 spiro atoms. The van der Waals surface area contributed by atoms with E-state index in [0.29, 0.717) is 6.29 Å². The van der Waals surface area contributed by atoms with Gasteiger partial charge in [0.05, 0.1) is 17.7 Å². The van der Waals surface area contributed by atoms with Gasteiger partial charge in [-0.1, -0.05) is 0 Å². The lowest BCUT2D eigenvalue weighted by Crippen LogP contribution is -2.10. The van der Waals surface area contributed by atoms with Crippen molar-refractivity contribution >= 4 is 12.3 Å². The molecule has 0 aliphatic heterocycles. The predicted molar refractivity (Wildman–Crippen MR) is 57.2 cm³/mol. The number of benzene rings is 1. The summed E-state index contributed by atoms with van der Waals surface area (Å²) < 4.78 is 4.80. The molecule has 82 valence electrons. The van der Waals surface area contributed by atoms with Crippen LogP contribution in [0.5, 0.6) is 0 Å². The number of aldehydes is 1. The third-order valence-corrected chi connectivity index (χ3v) is 2.04. The normalized spacial score (nSPS) is 9.31. The standard InChI is InChI=1S/C12H11NO3/c1-3-16-12(15)11-9(6-13)4-8(2)5-10(11)7-14/h4-5,7H,3H2,1-2H3.